The van der Waals surface area contributed by atoms with Gasteiger partial charge < -0.3 is 4.74 Å². The van der Waals surface area contributed by atoms with Crippen molar-refractivity contribution in [1.29, 1.82) is 0 Å². The minimum absolute atomic E-state index is 0.286. The van der Waals surface area contributed by atoms with Gasteiger partial charge in [-0.25, -0.2) is 0 Å². The average Bonchev–Trinajstić information content (AvgIpc) is 3.06. The van der Waals surface area contributed by atoms with Crippen molar-refractivity contribution in [1.82, 2.24) is 14.8 Å². The number of nitro groups is 1. The highest BCUT2D eigenvalue weighted by molar-refractivity contribution is 9.10. The second-order valence-corrected chi connectivity index (χ2v) is 8.69. The number of rotatable bonds is 9. The van der Waals surface area contributed by atoms with Crippen LogP contribution < -0.4 is 4.74 Å². The molecule has 9 heteroatoms. The third kappa shape index (κ3) is 5.28. The van der Waals surface area contributed by atoms with E-state index in [0.717, 1.165) is 15.7 Å². The number of hydrogen-bond donors (Lipinski definition) is 0. The number of aromatic nitrogens is 3. The van der Waals surface area contributed by atoms with Crippen LogP contribution in [0.2, 0.25) is 0 Å². The van der Waals surface area contributed by atoms with Crippen LogP contribution in [0.15, 0.2) is 64.7 Å². The van der Waals surface area contributed by atoms with E-state index in [1.54, 1.807) is 12.1 Å². The Hall–Kier alpha value is -2.65. The Morgan fingerprint density at radius 2 is 2.10 bits per heavy atom. The van der Waals surface area contributed by atoms with Crippen LogP contribution in [0.3, 0.4) is 0 Å². The summed E-state index contributed by atoms with van der Waals surface area (Å²) >= 11 is 4.76. The summed E-state index contributed by atoms with van der Waals surface area (Å²) < 4.78 is 8.48. The Morgan fingerprint density at radius 1 is 1.30 bits per heavy atom. The van der Waals surface area contributed by atoms with Crippen molar-refractivity contribution in [2.24, 2.45) is 0 Å². The predicted molar refractivity (Wildman–Crippen MR) is 121 cm³/mol. The van der Waals surface area contributed by atoms with Crippen molar-refractivity contribution in [2.75, 3.05) is 13.2 Å². The molecule has 30 heavy (non-hydrogen) atoms. The number of nitrogens with zero attached hydrogens (tertiary/aromatic N) is 4. The van der Waals surface area contributed by atoms with E-state index >= 15 is 0 Å². The van der Waals surface area contributed by atoms with Gasteiger partial charge in [0.05, 0.1) is 0 Å². The van der Waals surface area contributed by atoms with Gasteiger partial charge in [-0.05, 0) is 49.7 Å². The SMILES string of the molecule is C=CCOc1ccc(Br)cc1[C@H](C[N+](=O)[O-])Sc1nnc(C)n1-c1cccc(C)c1. The Labute approximate surface area is 187 Å². The first-order chi connectivity index (χ1) is 14.4. The summed E-state index contributed by atoms with van der Waals surface area (Å²) in [6.45, 7) is 7.56. The minimum atomic E-state index is -0.524. The smallest absolute Gasteiger partial charge is 0.220 e. The zero-order chi connectivity index (χ0) is 21.7. The van der Waals surface area contributed by atoms with Crippen LogP contribution in [0.5, 0.6) is 5.75 Å². The van der Waals surface area contributed by atoms with Crippen molar-refractivity contribution in [3.63, 3.8) is 0 Å². The summed E-state index contributed by atoms with van der Waals surface area (Å²) in [7, 11) is 0. The van der Waals surface area contributed by atoms with E-state index in [1.807, 2.05) is 54.8 Å². The first-order valence-electron chi connectivity index (χ1n) is 9.19. The number of aryl methyl sites for hydroxylation is 2. The highest BCUT2D eigenvalue weighted by atomic mass is 79.9. The molecule has 3 rings (SSSR count). The maximum atomic E-state index is 11.5. The van der Waals surface area contributed by atoms with Crippen LogP contribution in [-0.2, 0) is 0 Å². The fraction of sp³-hybridized carbons (Fsp3) is 0.238. The van der Waals surface area contributed by atoms with Crippen LogP contribution >= 0.6 is 27.7 Å². The van der Waals surface area contributed by atoms with Gasteiger partial charge in [0.15, 0.2) is 5.16 Å². The number of ether oxygens (including phenoxy) is 1. The van der Waals surface area contributed by atoms with Crippen molar-refractivity contribution in [3.8, 4) is 11.4 Å². The van der Waals surface area contributed by atoms with Gasteiger partial charge in [-0.3, -0.25) is 14.7 Å². The molecule has 1 atom stereocenters. The molecule has 0 fully saturated rings. The standard InChI is InChI=1S/C21H21BrN4O3S/c1-4-10-29-19-9-8-16(22)12-18(19)20(13-25(27)28)30-21-24-23-15(3)26(21)17-7-5-6-14(2)11-17/h4-9,11-12,20H,1,10,13H2,2-3H3/t20-/m0/s1. The summed E-state index contributed by atoms with van der Waals surface area (Å²) in [6.07, 6.45) is 1.64. The summed E-state index contributed by atoms with van der Waals surface area (Å²) in [5.74, 6) is 1.29. The third-order valence-corrected chi connectivity index (χ3v) is 5.95. The van der Waals surface area contributed by atoms with E-state index in [0.29, 0.717) is 28.9 Å². The van der Waals surface area contributed by atoms with E-state index in [2.05, 4.69) is 32.7 Å². The normalized spacial score (nSPS) is 11.8. The van der Waals surface area contributed by atoms with E-state index in [-0.39, 0.29) is 11.5 Å². The number of thioether (sulfide) groups is 1. The fourth-order valence-corrected chi connectivity index (χ4v) is 4.57. The lowest BCUT2D eigenvalue weighted by Crippen LogP contribution is -2.12. The summed E-state index contributed by atoms with van der Waals surface area (Å²) in [5.41, 5.74) is 2.73. The Bertz CT molecular complexity index is 1070. The highest BCUT2D eigenvalue weighted by Gasteiger charge is 2.27. The average molecular weight is 489 g/mol. The zero-order valence-corrected chi connectivity index (χ0v) is 19.0. The van der Waals surface area contributed by atoms with Gasteiger partial charge in [-0.2, -0.15) is 0 Å². The topological polar surface area (TPSA) is 83.1 Å². The predicted octanol–water partition coefficient (Wildman–Crippen LogP) is 5.32. The van der Waals surface area contributed by atoms with Gasteiger partial charge >= 0.3 is 0 Å². The van der Waals surface area contributed by atoms with Crippen LogP contribution in [0.25, 0.3) is 5.69 Å². The lowest BCUT2D eigenvalue weighted by molar-refractivity contribution is -0.479. The molecule has 0 unspecified atom stereocenters. The molecule has 0 N–H and O–H groups in total. The molecule has 0 aliphatic heterocycles. The molecule has 0 radical (unpaired) electrons. The van der Waals surface area contributed by atoms with Crippen molar-refractivity contribution in [3.05, 3.63) is 86.7 Å². The van der Waals surface area contributed by atoms with Gasteiger partial charge in [0.2, 0.25) is 6.54 Å². The van der Waals surface area contributed by atoms with Crippen molar-refractivity contribution in [2.45, 2.75) is 24.3 Å². The van der Waals surface area contributed by atoms with Gasteiger partial charge in [-0.1, -0.05) is 52.5 Å². The molecule has 0 saturated carbocycles. The molecular formula is C21H21BrN4O3S. The summed E-state index contributed by atoms with van der Waals surface area (Å²) in [5, 5.41) is 20.0. The number of benzene rings is 2. The minimum Gasteiger partial charge on any atom is -0.489 e. The van der Waals surface area contributed by atoms with Gasteiger partial charge in [0.1, 0.15) is 23.4 Å². The largest absolute Gasteiger partial charge is 0.489 e. The van der Waals surface area contributed by atoms with Crippen LogP contribution in [0.1, 0.15) is 22.2 Å². The summed E-state index contributed by atoms with van der Waals surface area (Å²) in [4.78, 5) is 11.1. The second kappa shape index (κ2) is 9.90. The van der Waals surface area contributed by atoms with Crippen LogP contribution in [0.4, 0.5) is 0 Å². The lowest BCUT2D eigenvalue weighted by atomic mass is 10.1. The second-order valence-electron chi connectivity index (χ2n) is 6.61. The first-order valence-corrected chi connectivity index (χ1v) is 10.9. The van der Waals surface area contributed by atoms with Crippen molar-refractivity contribution >= 4 is 27.7 Å². The van der Waals surface area contributed by atoms with E-state index in [4.69, 9.17) is 4.74 Å². The molecule has 1 aromatic heterocycles. The maximum Gasteiger partial charge on any atom is 0.220 e. The number of hydrogen-bond acceptors (Lipinski definition) is 6. The number of halogens is 1. The highest BCUT2D eigenvalue weighted by Crippen LogP contribution is 2.41. The first kappa shape index (κ1) is 22.0. The van der Waals surface area contributed by atoms with Crippen LogP contribution in [0, 0.1) is 24.0 Å². The Morgan fingerprint density at radius 3 is 2.80 bits per heavy atom. The molecule has 0 aliphatic carbocycles. The van der Waals surface area contributed by atoms with Gasteiger partial charge in [-0.15, -0.1) is 10.2 Å². The molecule has 0 spiro atoms. The maximum absolute atomic E-state index is 11.5. The fourth-order valence-electron chi connectivity index (χ4n) is 3.00. The molecule has 156 valence electrons. The monoisotopic (exact) mass is 488 g/mol. The van der Waals surface area contributed by atoms with E-state index in [1.165, 1.54) is 11.8 Å². The molecular weight excluding hydrogens is 468 g/mol. The molecule has 0 aliphatic rings. The van der Waals surface area contributed by atoms with E-state index in [9.17, 15) is 10.1 Å². The molecule has 3 aromatic rings. The van der Waals surface area contributed by atoms with Gasteiger partial charge in [0.25, 0.3) is 0 Å². The molecule has 2 aromatic carbocycles. The third-order valence-electron chi connectivity index (χ3n) is 4.29. The molecule has 0 amide bonds. The summed E-state index contributed by atoms with van der Waals surface area (Å²) in [6, 6.07) is 13.5. The molecule has 0 saturated heterocycles. The van der Waals surface area contributed by atoms with Gasteiger partial charge in [0, 0.05) is 20.6 Å². The Kier molecular flexibility index (Phi) is 7.28. The molecule has 1 heterocycles. The van der Waals surface area contributed by atoms with E-state index < -0.39 is 5.25 Å². The molecule has 7 nitrogen and oxygen atoms in total. The lowest BCUT2D eigenvalue weighted by Gasteiger charge is -2.18. The Balaban J connectivity index is 2.03. The van der Waals surface area contributed by atoms with Crippen molar-refractivity contribution < 1.29 is 9.66 Å². The quantitative estimate of drug-likeness (QED) is 0.175. The molecule has 0 bridgehead atoms. The zero-order valence-electron chi connectivity index (χ0n) is 16.6. The van der Waals surface area contributed by atoms with Crippen LogP contribution in [-0.4, -0.2) is 32.8 Å².